The summed E-state index contributed by atoms with van der Waals surface area (Å²) in [6.45, 7) is 15.5. The van der Waals surface area contributed by atoms with Crippen molar-refractivity contribution in [1.82, 2.24) is 0 Å². The minimum Gasteiger partial charge on any atom is -0.393 e. The van der Waals surface area contributed by atoms with Crippen LogP contribution in [0, 0.1) is 44.8 Å². The zero-order valence-corrected chi connectivity index (χ0v) is 22.7. The lowest BCUT2D eigenvalue weighted by Gasteiger charge is -2.60. The van der Waals surface area contributed by atoms with Gasteiger partial charge in [-0.05, 0) is 104 Å². The van der Waals surface area contributed by atoms with Crippen LogP contribution in [0.4, 0.5) is 0 Å². The number of fused-ring (bicyclic) bond motifs is 5. The summed E-state index contributed by atoms with van der Waals surface area (Å²) in [6.07, 6.45) is 8.49. The Bertz CT molecular complexity index is 1020. The van der Waals surface area contributed by atoms with Crippen LogP contribution in [0.1, 0.15) is 93.4 Å². The zero-order valence-electron chi connectivity index (χ0n) is 22.7. The van der Waals surface area contributed by atoms with Gasteiger partial charge in [0.1, 0.15) is 12.2 Å². The third kappa shape index (κ3) is 2.30. The topological polar surface area (TPSA) is 79.2 Å². The lowest BCUT2D eigenvalue weighted by Crippen LogP contribution is -2.62. The fourth-order valence-corrected chi connectivity index (χ4v) is 11.8. The molecule has 0 amide bonds. The van der Waals surface area contributed by atoms with Crippen molar-refractivity contribution in [3.8, 4) is 0 Å². The summed E-state index contributed by atoms with van der Waals surface area (Å²) in [5, 5.41) is 33.5. The molecule has 0 aromatic carbocycles. The Labute approximate surface area is 210 Å². The highest BCUT2D eigenvalue weighted by Gasteiger charge is 2.82. The van der Waals surface area contributed by atoms with Gasteiger partial charge in [-0.15, -0.1) is 0 Å². The van der Waals surface area contributed by atoms with Crippen LogP contribution >= 0.6 is 0 Å². The highest BCUT2D eigenvalue weighted by molar-refractivity contribution is 5.46. The first-order chi connectivity index (χ1) is 16.1. The summed E-state index contributed by atoms with van der Waals surface area (Å²) >= 11 is 0. The highest BCUT2D eigenvalue weighted by atomic mass is 16.7. The van der Waals surface area contributed by atoms with Crippen molar-refractivity contribution in [2.45, 2.75) is 129 Å². The van der Waals surface area contributed by atoms with Crippen molar-refractivity contribution in [2.75, 3.05) is 0 Å². The molecular weight excluding hydrogens is 440 g/mol. The normalized spacial score (nSPS) is 63.0. The van der Waals surface area contributed by atoms with Crippen LogP contribution in [0.15, 0.2) is 11.6 Å². The van der Waals surface area contributed by atoms with E-state index in [9.17, 15) is 15.3 Å². The van der Waals surface area contributed by atoms with Crippen LogP contribution < -0.4 is 0 Å². The number of ether oxygens (including phenoxy) is 2. The van der Waals surface area contributed by atoms with Crippen LogP contribution in [-0.4, -0.2) is 51.1 Å². The van der Waals surface area contributed by atoms with E-state index >= 15 is 0 Å². The maximum Gasteiger partial charge on any atom is 0.222 e. The smallest absolute Gasteiger partial charge is 0.222 e. The molecule has 5 heteroatoms. The molecule has 196 valence electrons. The van der Waals surface area contributed by atoms with Crippen molar-refractivity contribution < 1.29 is 24.8 Å². The predicted octanol–water partition coefficient (Wildman–Crippen LogP) is 4.58. The summed E-state index contributed by atoms with van der Waals surface area (Å²) in [5.41, 5.74) is 1.52. The molecule has 2 saturated heterocycles. The van der Waals surface area contributed by atoms with Gasteiger partial charge in [-0.25, -0.2) is 0 Å². The summed E-state index contributed by atoms with van der Waals surface area (Å²) in [7, 11) is 0. The molecule has 2 aliphatic heterocycles. The minimum absolute atomic E-state index is 0.0129. The van der Waals surface area contributed by atoms with Crippen molar-refractivity contribution >= 4 is 0 Å². The Hall–Kier alpha value is -0.460. The van der Waals surface area contributed by atoms with Gasteiger partial charge in [0.2, 0.25) is 5.79 Å². The number of hydrogen-bond donors (Lipinski definition) is 3. The number of aliphatic hydroxyl groups is 3. The fraction of sp³-hybridized carbons (Fsp3) is 0.933. The van der Waals surface area contributed by atoms with Crippen LogP contribution in [0.2, 0.25) is 0 Å². The van der Waals surface area contributed by atoms with Crippen molar-refractivity contribution in [3.05, 3.63) is 11.6 Å². The van der Waals surface area contributed by atoms with Crippen molar-refractivity contribution in [3.63, 3.8) is 0 Å². The summed E-state index contributed by atoms with van der Waals surface area (Å²) in [6, 6.07) is 0. The van der Waals surface area contributed by atoms with Crippen LogP contribution in [0.5, 0.6) is 0 Å². The number of hydrogen-bond acceptors (Lipinski definition) is 5. The third-order valence-corrected chi connectivity index (χ3v) is 13.8. The molecule has 0 unspecified atom stereocenters. The Morgan fingerprint density at radius 3 is 2.40 bits per heavy atom. The standard InChI is InChI=1S/C30H46O5/c1-16-21-17(34-30(33)22(16)35-25(4,5)23(30)32)14-27(7)19-9-8-18-24(2,3)20(31)10-11-28(18)15-29(19,28)13-12-26(21,27)6/h9,16-18,20-23,31-33H,8,10-15H2,1-7H3/t16-,17-,18-,20-,21-,22+,23+,26+,27-,28+,29-,30-/m0/s1. The van der Waals surface area contributed by atoms with E-state index in [1.807, 2.05) is 13.8 Å². The van der Waals surface area contributed by atoms with Crippen molar-refractivity contribution in [2.24, 2.45) is 44.8 Å². The van der Waals surface area contributed by atoms with E-state index in [-0.39, 0.29) is 45.7 Å². The first-order valence-corrected chi connectivity index (χ1v) is 14.3. The zero-order chi connectivity index (χ0) is 25.2. The second-order valence-electron chi connectivity index (χ2n) is 15.5. The van der Waals surface area contributed by atoms with Gasteiger partial charge in [-0.3, -0.25) is 0 Å². The number of aliphatic hydroxyl groups excluding tert-OH is 2. The van der Waals surface area contributed by atoms with E-state index in [2.05, 4.69) is 40.7 Å². The maximum absolute atomic E-state index is 11.6. The molecule has 3 N–H and O–H groups in total. The molecule has 6 fully saturated rings. The van der Waals surface area contributed by atoms with Gasteiger partial charge >= 0.3 is 0 Å². The van der Waals surface area contributed by atoms with Gasteiger partial charge in [-0.2, -0.15) is 0 Å². The van der Waals surface area contributed by atoms with E-state index in [4.69, 9.17) is 9.47 Å². The molecule has 5 nitrogen and oxygen atoms in total. The molecule has 4 saturated carbocycles. The Morgan fingerprint density at radius 2 is 1.69 bits per heavy atom. The van der Waals surface area contributed by atoms with Gasteiger partial charge in [-0.1, -0.05) is 46.3 Å². The van der Waals surface area contributed by atoms with Crippen molar-refractivity contribution in [1.29, 1.82) is 0 Å². The summed E-state index contributed by atoms with van der Waals surface area (Å²) in [4.78, 5) is 0. The molecule has 0 aromatic heterocycles. The van der Waals surface area contributed by atoms with Gasteiger partial charge in [0.05, 0.1) is 17.8 Å². The highest BCUT2D eigenvalue weighted by Crippen LogP contribution is 2.88. The summed E-state index contributed by atoms with van der Waals surface area (Å²) in [5.74, 6) is -0.697. The lowest BCUT2D eigenvalue weighted by atomic mass is 9.45. The molecule has 0 aromatic rings. The van der Waals surface area contributed by atoms with E-state index in [1.165, 1.54) is 19.3 Å². The van der Waals surface area contributed by atoms with Crippen LogP contribution in [0.3, 0.4) is 0 Å². The Balaban J connectivity index is 1.29. The molecule has 7 aliphatic rings. The third-order valence-electron chi connectivity index (χ3n) is 13.8. The lowest BCUT2D eigenvalue weighted by molar-refractivity contribution is -0.327. The fourth-order valence-electron chi connectivity index (χ4n) is 11.8. The molecular formula is C30H46O5. The van der Waals surface area contributed by atoms with Crippen LogP contribution in [-0.2, 0) is 9.47 Å². The molecule has 35 heavy (non-hydrogen) atoms. The molecule has 2 spiro atoms. The Morgan fingerprint density at radius 1 is 0.971 bits per heavy atom. The second-order valence-corrected chi connectivity index (χ2v) is 15.5. The molecule has 0 bridgehead atoms. The molecule has 12 atom stereocenters. The largest absolute Gasteiger partial charge is 0.393 e. The average molecular weight is 487 g/mol. The number of allylic oxidation sites excluding steroid dienone is 2. The molecule has 2 heterocycles. The second kappa shape index (κ2) is 6.22. The molecule has 0 radical (unpaired) electrons. The predicted molar refractivity (Wildman–Crippen MR) is 132 cm³/mol. The van der Waals surface area contributed by atoms with Gasteiger partial charge in [0.25, 0.3) is 0 Å². The monoisotopic (exact) mass is 486 g/mol. The van der Waals surface area contributed by atoms with Gasteiger partial charge in [0, 0.05) is 0 Å². The molecule has 5 aliphatic carbocycles. The van der Waals surface area contributed by atoms with E-state index < -0.39 is 23.6 Å². The Kier molecular flexibility index (Phi) is 4.20. The maximum atomic E-state index is 11.6. The van der Waals surface area contributed by atoms with E-state index in [0.29, 0.717) is 11.3 Å². The van der Waals surface area contributed by atoms with Gasteiger partial charge < -0.3 is 24.8 Å². The molecule has 7 rings (SSSR count). The van der Waals surface area contributed by atoms with E-state index in [0.717, 1.165) is 25.7 Å². The average Bonchev–Trinajstić information content (AvgIpc) is 3.32. The van der Waals surface area contributed by atoms with E-state index in [1.54, 1.807) is 5.57 Å². The summed E-state index contributed by atoms with van der Waals surface area (Å²) < 4.78 is 12.9. The van der Waals surface area contributed by atoms with Crippen LogP contribution in [0.25, 0.3) is 0 Å². The quantitative estimate of drug-likeness (QED) is 0.437. The first-order valence-electron chi connectivity index (χ1n) is 14.3. The SMILES string of the molecule is C[C@H]1[C@H]2[C@H](C[C@@]3(C)C4=CC[C@H]5C(C)(C)[C@@H](O)CC[C@@]56C[C@@]46CC[C@]23C)O[C@@]2(O)[C@@H]1OC(C)(C)[C@H]2O. The minimum atomic E-state index is -1.64. The number of rotatable bonds is 0. The first kappa shape index (κ1) is 23.6. The van der Waals surface area contributed by atoms with Gasteiger partial charge in [0.15, 0.2) is 0 Å².